The Morgan fingerprint density at radius 1 is 1.19 bits per heavy atom. The van der Waals surface area contributed by atoms with Crippen molar-refractivity contribution in [1.82, 2.24) is 4.98 Å². The lowest BCUT2D eigenvalue weighted by Gasteiger charge is -2.34. The molecule has 0 saturated carbocycles. The van der Waals surface area contributed by atoms with E-state index < -0.39 is 65.9 Å². The fourth-order valence-corrected chi connectivity index (χ4v) is 5.58. The Morgan fingerprint density at radius 2 is 1.92 bits per heavy atom. The summed E-state index contributed by atoms with van der Waals surface area (Å²) >= 11 is 1.54. The summed E-state index contributed by atoms with van der Waals surface area (Å²) in [5.41, 5.74) is 0.0749. The van der Waals surface area contributed by atoms with Crippen molar-refractivity contribution in [2.45, 2.75) is 90.3 Å². The number of aliphatic hydroxyl groups excluding tert-OH is 2. The molecule has 3 heterocycles. The molecule has 0 spiro atoms. The molecule has 2 aliphatic rings. The number of halogens is 1. The number of aromatic nitrogens is 1. The number of aliphatic hydroxyl groups is 2. The number of thiazole rings is 1. The quantitative estimate of drug-likeness (QED) is 0.428. The molecule has 0 aliphatic carbocycles. The third kappa shape index (κ3) is 5.47. The SMILES string of the molecule is Cc1nc2cc(C3CC4OC4(F)CCOC(C)C(O)C(C)C(=O)C(C)(C)C(O)CC(=O)O3)ccc2s1. The number of ether oxygens (including phenoxy) is 3. The molecule has 10 heteroatoms. The molecular weight excluding hydrogens is 489 g/mol. The standard InChI is InChI=1S/C26H34FNO7S/c1-13-23(31)14(2)33-9-8-26(27)21(35-26)11-18(16-6-7-19-17(10-16)28-15(3)36-19)34-22(30)12-20(29)25(4,5)24(13)32/h6-7,10,13-14,18,20-21,23,29,31H,8-9,11-12H2,1-5H3. The monoisotopic (exact) mass is 523 g/mol. The molecule has 198 valence electrons. The van der Waals surface area contributed by atoms with Crippen molar-refractivity contribution in [3.63, 3.8) is 0 Å². The molecule has 2 N–H and O–H groups in total. The summed E-state index contributed by atoms with van der Waals surface area (Å²) in [7, 11) is 0. The van der Waals surface area contributed by atoms with Crippen LogP contribution < -0.4 is 0 Å². The number of esters is 1. The van der Waals surface area contributed by atoms with E-state index in [4.69, 9.17) is 14.2 Å². The number of hydrogen-bond donors (Lipinski definition) is 2. The van der Waals surface area contributed by atoms with E-state index in [1.54, 1.807) is 25.2 Å². The van der Waals surface area contributed by atoms with Gasteiger partial charge >= 0.3 is 5.97 Å². The van der Waals surface area contributed by atoms with Gasteiger partial charge in [-0.15, -0.1) is 11.3 Å². The highest BCUT2D eigenvalue weighted by Gasteiger charge is 2.58. The molecule has 0 amide bonds. The third-order valence-electron chi connectivity index (χ3n) is 7.41. The normalized spacial score (nSPS) is 36.3. The van der Waals surface area contributed by atoms with Gasteiger partial charge in [0.05, 0.1) is 52.0 Å². The van der Waals surface area contributed by atoms with Gasteiger partial charge in [-0.05, 0) is 31.5 Å². The van der Waals surface area contributed by atoms with E-state index in [9.17, 15) is 19.8 Å². The summed E-state index contributed by atoms with van der Waals surface area (Å²) in [6.45, 7) is 8.12. The van der Waals surface area contributed by atoms with Crippen LogP contribution in [0.2, 0.25) is 0 Å². The van der Waals surface area contributed by atoms with Crippen molar-refractivity contribution in [3.05, 3.63) is 28.8 Å². The highest BCUT2D eigenvalue weighted by molar-refractivity contribution is 7.18. The predicted molar refractivity (Wildman–Crippen MR) is 131 cm³/mol. The second-order valence-corrected chi connectivity index (χ2v) is 11.7. The molecule has 0 radical (unpaired) electrons. The molecular formula is C26H34FNO7S. The van der Waals surface area contributed by atoms with Crippen LogP contribution in [0.3, 0.4) is 0 Å². The smallest absolute Gasteiger partial charge is 0.309 e. The summed E-state index contributed by atoms with van der Waals surface area (Å²) in [4.78, 5) is 30.6. The van der Waals surface area contributed by atoms with E-state index in [2.05, 4.69) is 4.98 Å². The first-order valence-electron chi connectivity index (χ1n) is 12.3. The first kappa shape index (κ1) is 27.1. The minimum atomic E-state index is -1.93. The lowest BCUT2D eigenvalue weighted by atomic mass is 9.74. The van der Waals surface area contributed by atoms with Crippen LogP contribution in [-0.2, 0) is 23.8 Å². The summed E-state index contributed by atoms with van der Waals surface area (Å²) in [5.74, 6) is -3.94. The lowest BCUT2D eigenvalue weighted by molar-refractivity contribution is -0.157. The largest absolute Gasteiger partial charge is 0.457 e. The Morgan fingerprint density at radius 3 is 2.64 bits per heavy atom. The first-order valence-corrected chi connectivity index (χ1v) is 13.1. The molecule has 7 atom stereocenters. The lowest BCUT2D eigenvalue weighted by Crippen LogP contribution is -2.47. The summed E-state index contributed by atoms with van der Waals surface area (Å²) < 4.78 is 32.9. The van der Waals surface area contributed by atoms with E-state index in [1.165, 1.54) is 13.8 Å². The highest BCUT2D eigenvalue weighted by atomic mass is 32.1. The number of cyclic esters (lactones) is 1. The van der Waals surface area contributed by atoms with Gasteiger partial charge in [-0.2, -0.15) is 0 Å². The van der Waals surface area contributed by atoms with E-state index >= 15 is 4.39 Å². The molecule has 8 nitrogen and oxygen atoms in total. The summed E-state index contributed by atoms with van der Waals surface area (Å²) in [6.07, 6.45) is -5.31. The van der Waals surface area contributed by atoms with Crippen molar-refractivity contribution >= 4 is 33.3 Å². The van der Waals surface area contributed by atoms with Crippen LogP contribution in [0.4, 0.5) is 4.39 Å². The van der Waals surface area contributed by atoms with Gasteiger partial charge in [-0.25, -0.2) is 9.37 Å². The van der Waals surface area contributed by atoms with E-state index in [1.807, 2.05) is 25.1 Å². The van der Waals surface area contributed by atoms with Gasteiger partial charge in [0.15, 0.2) is 0 Å². The fraction of sp³-hybridized carbons (Fsp3) is 0.654. The molecule has 2 fully saturated rings. The second-order valence-electron chi connectivity index (χ2n) is 10.5. The van der Waals surface area contributed by atoms with Crippen molar-refractivity contribution in [1.29, 1.82) is 0 Å². The minimum absolute atomic E-state index is 0.0212. The Hall–Kier alpha value is -1.98. The number of Topliss-reactive ketones (excluding diaryl/α,β-unsaturated/α-hetero) is 1. The zero-order chi connectivity index (χ0) is 26.4. The molecule has 7 unspecified atom stereocenters. The number of epoxide rings is 1. The van der Waals surface area contributed by atoms with Gasteiger partial charge in [0.1, 0.15) is 18.0 Å². The number of carbonyl (C=O) groups excluding carboxylic acids is 2. The fourth-order valence-electron chi connectivity index (χ4n) is 4.77. The number of rotatable bonds is 1. The number of benzene rings is 1. The summed E-state index contributed by atoms with van der Waals surface area (Å²) in [6, 6.07) is 5.52. The number of fused-ring (bicyclic) bond motifs is 2. The van der Waals surface area contributed by atoms with Gasteiger partial charge < -0.3 is 24.4 Å². The number of aryl methyl sites for hydroxylation is 1. The van der Waals surface area contributed by atoms with Gasteiger partial charge in [0, 0.05) is 18.8 Å². The van der Waals surface area contributed by atoms with Gasteiger partial charge in [0.25, 0.3) is 0 Å². The van der Waals surface area contributed by atoms with Crippen LogP contribution in [0.1, 0.15) is 63.6 Å². The average molecular weight is 524 g/mol. The van der Waals surface area contributed by atoms with Crippen LogP contribution in [0.25, 0.3) is 10.2 Å². The number of alkyl halides is 1. The topological polar surface area (TPSA) is 118 Å². The average Bonchev–Trinajstić information content (AvgIpc) is 3.28. The zero-order valence-electron chi connectivity index (χ0n) is 21.2. The first-order chi connectivity index (χ1) is 16.8. The number of hydrogen-bond acceptors (Lipinski definition) is 9. The maximum Gasteiger partial charge on any atom is 0.309 e. The van der Waals surface area contributed by atoms with Crippen molar-refractivity contribution < 1.29 is 38.4 Å². The van der Waals surface area contributed by atoms with Crippen LogP contribution in [0.15, 0.2) is 18.2 Å². The minimum Gasteiger partial charge on any atom is -0.457 e. The highest BCUT2D eigenvalue weighted by Crippen LogP contribution is 2.47. The van der Waals surface area contributed by atoms with E-state index in [-0.39, 0.29) is 19.4 Å². The number of nitrogens with zero attached hydrogens (tertiary/aromatic N) is 1. The van der Waals surface area contributed by atoms with Crippen LogP contribution in [0.5, 0.6) is 0 Å². The van der Waals surface area contributed by atoms with Crippen LogP contribution >= 0.6 is 11.3 Å². The van der Waals surface area contributed by atoms with E-state index in [0.29, 0.717) is 5.56 Å². The van der Waals surface area contributed by atoms with Crippen molar-refractivity contribution in [2.75, 3.05) is 6.61 Å². The molecule has 0 bridgehead atoms. The van der Waals surface area contributed by atoms with Crippen LogP contribution in [0, 0.1) is 18.3 Å². The van der Waals surface area contributed by atoms with Crippen molar-refractivity contribution in [3.8, 4) is 0 Å². The molecule has 4 rings (SSSR count). The Balaban J connectivity index is 1.61. The molecule has 2 aromatic rings. The molecule has 1 aromatic heterocycles. The van der Waals surface area contributed by atoms with Crippen LogP contribution in [-0.4, -0.2) is 63.8 Å². The van der Waals surface area contributed by atoms with Gasteiger partial charge in [-0.3, -0.25) is 9.59 Å². The van der Waals surface area contributed by atoms with Crippen molar-refractivity contribution in [2.24, 2.45) is 11.3 Å². The predicted octanol–water partition coefficient (Wildman–Crippen LogP) is 3.80. The Kier molecular flexibility index (Phi) is 7.56. The van der Waals surface area contributed by atoms with Gasteiger partial charge in [0.2, 0.25) is 5.85 Å². The molecule has 36 heavy (non-hydrogen) atoms. The number of carbonyl (C=O) groups is 2. The summed E-state index contributed by atoms with van der Waals surface area (Å²) in [5, 5.41) is 22.4. The molecule has 1 aromatic carbocycles. The molecule has 2 aliphatic heterocycles. The maximum atomic E-state index is 15.2. The van der Waals surface area contributed by atoms with E-state index in [0.717, 1.165) is 15.2 Å². The maximum absolute atomic E-state index is 15.2. The Bertz CT molecular complexity index is 1140. The second kappa shape index (κ2) is 10.1. The Labute approximate surface area is 213 Å². The van der Waals surface area contributed by atoms with Gasteiger partial charge in [-0.1, -0.05) is 26.8 Å². The zero-order valence-corrected chi connectivity index (χ0v) is 22.0. The third-order valence-corrected chi connectivity index (χ3v) is 8.36. The number of ketones is 1. The molecule has 2 saturated heterocycles.